The van der Waals surface area contributed by atoms with Gasteiger partial charge in [-0.2, -0.15) is 0 Å². The molecule has 1 aromatic rings. The van der Waals surface area contributed by atoms with Crippen molar-refractivity contribution in [2.75, 3.05) is 46.4 Å². The Morgan fingerprint density at radius 3 is 2.29 bits per heavy atom. The van der Waals surface area contributed by atoms with Crippen LogP contribution >= 0.6 is 0 Å². The number of carbonyl (C=O) groups is 4. The zero-order valence-corrected chi connectivity index (χ0v) is 20.6. The number of ether oxygens (including phenoxy) is 1. The first-order chi connectivity index (χ1) is 16.8. The number of carbonyl (C=O) groups excluding carboxylic acids is 3. The Morgan fingerprint density at radius 1 is 0.914 bits per heavy atom. The summed E-state index contributed by atoms with van der Waals surface area (Å²) in [4.78, 5) is 46.9. The highest BCUT2D eigenvalue weighted by Gasteiger charge is 2.16. The summed E-state index contributed by atoms with van der Waals surface area (Å²) in [6.07, 6.45) is 1.93. The Labute approximate surface area is 206 Å². The minimum absolute atomic E-state index is 0.0160. The van der Waals surface area contributed by atoms with E-state index in [1.807, 2.05) is 37.3 Å². The van der Waals surface area contributed by atoms with Crippen molar-refractivity contribution >= 4 is 23.7 Å². The minimum atomic E-state index is -0.987. The number of hydrogen-bond acceptors (Lipinski definition) is 7. The first kappa shape index (κ1) is 30.0. The average molecular weight is 494 g/mol. The largest absolute Gasteiger partial charge is 0.480 e. The molecule has 196 valence electrons. The number of methoxy groups -OCH3 is 1. The number of aliphatic carboxylic acids is 1. The zero-order valence-electron chi connectivity index (χ0n) is 20.6. The normalized spacial score (nSPS) is 12.4. The Bertz CT molecular complexity index is 773. The van der Waals surface area contributed by atoms with Gasteiger partial charge in [-0.1, -0.05) is 37.3 Å². The van der Waals surface area contributed by atoms with E-state index in [-0.39, 0.29) is 62.5 Å². The van der Waals surface area contributed by atoms with Gasteiger partial charge in [-0.05, 0) is 31.4 Å². The molecule has 2 atom stereocenters. The Balaban J connectivity index is 2.27. The molecule has 35 heavy (non-hydrogen) atoms. The lowest BCUT2D eigenvalue weighted by molar-refractivity contribution is -0.136. The molecule has 0 heterocycles. The lowest BCUT2D eigenvalue weighted by Crippen LogP contribution is -2.46. The smallest absolute Gasteiger partial charge is 0.317 e. The minimum Gasteiger partial charge on any atom is -0.480 e. The molecule has 0 aromatic heterocycles. The van der Waals surface area contributed by atoms with Crippen LogP contribution in [0.1, 0.15) is 31.7 Å². The van der Waals surface area contributed by atoms with E-state index in [1.54, 1.807) is 7.11 Å². The maximum absolute atomic E-state index is 12.3. The van der Waals surface area contributed by atoms with Gasteiger partial charge in [0.2, 0.25) is 17.7 Å². The first-order valence-electron chi connectivity index (χ1n) is 11.9. The standard InChI is InChI=1S/C24H39N5O6/c1-3-20(35-2)13-21(30)29-19(14-26-17-24(33)34)10-11-25-15-22(31)28-16-23(32)27-12-9-18-7-5-4-6-8-18/h4-8,19-20,25-26H,3,9-17H2,1-2H3,(H,27,32)(H,28,31)(H,29,30)(H,33,34). The summed E-state index contributed by atoms with van der Waals surface area (Å²) < 4.78 is 5.23. The highest BCUT2D eigenvalue weighted by atomic mass is 16.5. The van der Waals surface area contributed by atoms with Gasteiger partial charge < -0.3 is 36.4 Å². The molecule has 1 rings (SSSR count). The van der Waals surface area contributed by atoms with Crippen molar-refractivity contribution in [1.29, 1.82) is 0 Å². The van der Waals surface area contributed by atoms with Crippen molar-refractivity contribution in [3.05, 3.63) is 35.9 Å². The van der Waals surface area contributed by atoms with Gasteiger partial charge in [0.15, 0.2) is 0 Å². The molecule has 1 aromatic carbocycles. The van der Waals surface area contributed by atoms with Gasteiger partial charge in [0, 0.05) is 26.2 Å². The molecule has 0 fully saturated rings. The Kier molecular flexibility index (Phi) is 15.7. The molecule has 0 saturated heterocycles. The lowest BCUT2D eigenvalue weighted by atomic mass is 10.1. The van der Waals surface area contributed by atoms with E-state index in [9.17, 15) is 19.2 Å². The molecule has 0 radical (unpaired) electrons. The topological polar surface area (TPSA) is 158 Å². The second-order valence-electron chi connectivity index (χ2n) is 8.09. The van der Waals surface area contributed by atoms with Gasteiger partial charge in [0.25, 0.3) is 0 Å². The van der Waals surface area contributed by atoms with E-state index in [1.165, 1.54) is 0 Å². The summed E-state index contributed by atoms with van der Waals surface area (Å²) in [6.45, 7) is 2.80. The molecule has 0 aliphatic heterocycles. The maximum atomic E-state index is 12.3. The van der Waals surface area contributed by atoms with Crippen molar-refractivity contribution in [2.45, 2.75) is 44.8 Å². The molecule has 0 saturated carbocycles. The number of carboxylic acids is 1. The number of carboxylic acid groups (broad SMARTS) is 1. The summed E-state index contributed by atoms with van der Waals surface area (Å²) >= 11 is 0. The number of benzene rings is 1. The van der Waals surface area contributed by atoms with Crippen LogP contribution in [0.25, 0.3) is 0 Å². The van der Waals surface area contributed by atoms with Crippen molar-refractivity contribution in [2.24, 2.45) is 0 Å². The second-order valence-corrected chi connectivity index (χ2v) is 8.09. The molecule has 6 N–H and O–H groups in total. The Hall–Kier alpha value is -3.02. The number of nitrogens with one attached hydrogen (secondary N) is 5. The highest BCUT2D eigenvalue weighted by Crippen LogP contribution is 2.03. The summed E-state index contributed by atoms with van der Waals surface area (Å²) in [5, 5.41) is 22.8. The van der Waals surface area contributed by atoms with E-state index >= 15 is 0 Å². The summed E-state index contributed by atoms with van der Waals surface area (Å²) in [5.41, 5.74) is 1.12. The zero-order chi connectivity index (χ0) is 25.9. The fraction of sp³-hybridized carbons (Fsp3) is 0.583. The third kappa shape index (κ3) is 15.5. The third-order valence-electron chi connectivity index (χ3n) is 5.21. The van der Waals surface area contributed by atoms with Gasteiger partial charge in [-0.25, -0.2) is 0 Å². The van der Waals surface area contributed by atoms with Gasteiger partial charge in [0.05, 0.1) is 32.2 Å². The van der Waals surface area contributed by atoms with Crippen molar-refractivity contribution in [3.8, 4) is 0 Å². The van der Waals surface area contributed by atoms with Crippen LogP contribution in [0.15, 0.2) is 30.3 Å². The van der Waals surface area contributed by atoms with Crippen LogP contribution in [-0.2, 0) is 30.3 Å². The highest BCUT2D eigenvalue weighted by molar-refractivity contribution is 5.85. The number of amides is 3. The van der Waals surface area contributed by atoms with E-state index in [0.717, 1.165) is 5.56 Å². The predicted molar refractivity (Wildman–Crippen MR) is 132 cm³/mol. The third-order valence-corrected chi connectivity index (χ3v) is 5.21. The van der Waals surface area contributed by atoms with Crippen LogP contribution in [-0.4, -0.2) is 87.3 Å². The summed E-state index contributed by atoms with van der Waals surface area (Å²) in [7, 11) is 1.55. The summed E-state index contributed by atoms with van der Waals surface area (Å²) in [5.74, 6) is -1.75. The molecule has 0 aliphatic rings. The number of hydrogen-bond donors (Lipinski definition) is 6. The van der Waals surface area contributed by atoms with E-state index < -0.39 is 5.97 Å². The molecule has 11 nitrogen and oxygen atoms in total. The fourth-order valence-corrected chi connectivity index (χ4v) is 3.24. The van der Waals surface area contributed by atoms with Crippen LogP contribution < -0.4 is 26.6 Å². The van der Waals surface area contributed by atoms with Crippen LogP contribution in [0.3, 0.4) is 0 Å². The first-order valence-corrected chi connectivity index (χ1v) is 11.9. The van der Waals surface area contributed by atoms with Gasteiger partial charge in [0.1, 0.15) is 0 Å². The molecular formula is C24H39N5O6. The van der Waals surface area contributed by atoms with Crippen LogP contribution in [0.2, 0.25) is 0 Å². The molecule has 0 aliphatic carbocycles. The molecular weight excluding hydrogens is 454 g/mol. The monoisotopic (exact) mass is 493 g/mol. The maximum Gasteiger partial charge on any atom is 0.317 e. The molecule has 2 unspecified atom stereocenters. The van der Waals surface area contributed by atoms with Gasteiger partial charge in [-0.3, -0.25) is 19.2 Å². The second kappa shape index (κ2) is 18.3. The van der Waals surface area contributed by atoms with Crippen molar-refractivity contribution in [1.82, 2.24) is 26.6 Å². The van der Waals surface area contributed by atoms with E-state index in [2.05, 4.69) is 26.6 Å². The van der Waals surface area contributed by atoms with Crippen molar-refractivity contribution in [3.63, 3.8) is 0 Å². The Morgan fingerprint density at radius 2 is 1.63 bits per heavy atom. The van der Waals surface area contributed by atoms with Crippen molar-refractivity contribution < 1.29 is 29.0 Å². The van der Waals surface area contributed by atoms with Gasteiger partial charge >= 0.3 is 5.97 Å². The van der Waals surface area contributed by atoms with Crippen LogP contribution in [0.4, 0.5) is 0 Å². The summed E-state index contributed by atoms with van der Waals surface area (Å²) in [6, 6.07) is 9.47. The van der Waals surface area contributed by atoms with E-state index in [4.69, 9.17) is 9.84 Å². The fourth-order valence-electron chi connectivity index (χ4n) is 3.24. The van der Waals surface area contributed by atoms with E-state index in [0.29, 0.717) is 32.4 Å². The quantitative estimate of drug-likeness (QED) is 0.140. The molecule has 11 heteroatoms. The number of rotatable bonds is 19. The molecule has 3 amide bonds. The molecule has 0 bridgehead atoms. The lowest BCUT2D eigenvalue weighted by Gasteiger charge is -2.21. The SMILES string of the molecule is CCC(CC(=O)NC(CCNCC(=O)NCC(=O)NCCc1ccccc1)CNCC(=O)O)OC. The molecule has 0 spiro atoms. The van der Waals surface area contributed by atoms with Crippen LogP contribution in [0.5, 0.6) is 0 Å². The van der Waals surface area contributed by atoms with Crippen LogP contribution in [0, 0.1) is 0 Å². The predicted octanol–water partition coefficient (Wildman–Crippen LogP) is -0.585. The average Bonchev–Trinajstić information content (AvgIpc) is 2.84. The van der Waals surface area contributed by atoms with Gasteiger partial charge in [-0.15, -0.1) is 0 Å².